The molecule has 0 amide bonds. The van der Waals surface area contributed by atoms with Gasteiger partial charge in [0.15, 0.2) is 0 Å². The van der Waals surface area contributed by atoms with Crippen LogP contribution >= 0.6 is 0 Å². The molecule has 0 aliphatic heterocycles. The summed E-state index contributed by atoms with van der Waals surface area (Å²) < 4.78 is 12.0. The molecule has 0 aliphatic carbocycles. The van der Waals surface area contributed by atoms with E-state index in [0.29, 0.717) is 22.8 Å². The summed E-state index contributed by atoms with van der Waals surface area (Å²) in [5.74, 6) is 1.33. The second kappa shape index (κ2) is 7.71. The molecule has 0 saturated carbocycles. The van der Waals surface area contributed by atoms with Crippen LogP contribution in [0.5, 0.6) is 5.75 Å². The highest BCUT2D eigenvalue weighted by Crippen LogP contribution is 2.27. The fraction of sp³-hybridized carbons (Fsp3) is 0.182. The maximum absolute atomic E-state index is 12.3. The van der Waals surface area contributed by atoms with Gasteiger partial charge in [0.25, 0.3) is 5.56 Å². The second-order valence-electron chi connectivity index (χ2n) is 6.73. The third-order valence-electron chi connectivity index (χ3n) is 4.77. The fourth-order valence-corrected chi connectivity index (χ4v) is 3.00. The standard InChI is InChI=1S/C22H20N4O3/c1-14-8-9-16(12-15(14)2)18-10-11-21(27)26(24-18)13-20-23-22(25-29-20)17-6-4-5-7-19(17)28-3/h4-12H,13H2,1-3H3. The third-order valence-corrected chi connectivity index (χ3v) is 4.77. The van der Waals surface area contributed by atoms with Gasteiger partial charge in [0.2, 0.25) is 11.7 Å². The molecule has 2 heterocycles. The molecule has 2 aromatic heterocycles. The van der Waals surface area contributed by atoms with Crippen molar-refractivity contribution in [3.63, 3.8) is 0 Å². The van der Waals surface area contributed by atoms with E-state index in [1.165, 1.54) is 21.9 Å². The van der Waals surface area contributed by atoms with Gasteiger partial charge in [-0.3, -0.25) is 4.79 Å². The molecule has 7 heteroatoms. The van der Waals surface area contributed by atoms with Crippen LogP contribution in [0, 0.1) is 13.8 Å². The molecule has 7 nitrogen and oxygen atoms in total. The average Bonchev–Trinajstić information content (AvgIpc) is 3.20. The molecule has 0 fully saturated rings. The number of benzene rings is 2. The highest BCUT2D eigenvalue weighted by molar-refractivity contribution is 5.63. The molecule has 0 N–H and O–H groups in total. The van der Waals surface area contributed by atoms with Crippen LogP contribution in [0.2, 0.25) is 0 Å². The molecular formula is C22H20N4O3. The first-order valence-electron chi connectivity index (χ1n) is 9.17. The van der Waals surface area contributed by atoms with Crippen molar-refractivity contribution in [3.05, 3.63) is 82.0 Å². The lowest BCUT2D eigenvalue weighted by molar-refractivity contribution is 0.363. The van der Waals surface area contributed by atoms with Crippen LogP contribution < -0.4 is 10.3 Å². The van der Waals surface area contributed by atoms with Crippen LogP contribution in [-0.2, 0) is 6.54 Å². The Bertz CT molecular complexity index is 1230. The Hall–Kier alpha value is -3.74. The predicted octanol–water partition coefficient (Wildman–Crippen LogP) is 3.63. The van der Waals surface area contributed by atoms with Crippen molar-refractivity contribution in [1.29, 1.82) is 0 Å². The summed E-state index contributed by atoms with van der Waals surface area (Å²) in [6, 6.07) is 16.7. The van der Waals surface area contributed by atoms with Crippen LogP contribution in [-0.4, -0.2) is 27.0 Å². The first-order chi connectivity index (χ1) is 14.0. The molecule has 0 bridgehead atoms. The van der Waals surface area contributed by atoms with Crippen molar-refractivity contribution in [1.82, 2.24) is 19.9 Å². The van der Waals surface area contributed by atoms with E-state index in [9.17, 15) is 4.79 Å². The van der Waals surface area contributed by atoms with Crippen molar-refractivity contribution < 1.29 is 9.26 Å². The zero-order chi connectivity index (χ0) is 20.4. The summed E-state index contributed by atoms with van der Waals surface area (Å²) in [6.07, 6.45) is 0. The van der Waals surface area contributed by atoms with Gasteiger partial charge in [-0.25, -0.2) is 4.68 Å². The van der Waals surface area contributed by atoms with Crippen molar-refractivity contribution in [2.24, 2.45) is 0 Å². The van der Waals surface area contributed by atoms with Gasteiger partial charge in [-0.05, 0) is 49.2 Å². The molecule has 4 rings (SSSR count). The number of aryl methyl sites for hydroxylation is 2. The van der Waals surface area contributed by atoms with Gasteiger partial charge in [-0.2, -0.15) is 10.1 Å². The number of nitrogens with zero attached hydrogens (tertiary/aromatic N) is 4. The minimum absolute atomic E-state index is 0.0830. The highest BCUT2D eigenvalue weighted by atomic mass is 16.5. The molecule has 29 heavy (non-hydrogen) atoms. The van der Waals surface area contributed by atoms with Crippen molar-refractivity contribution in [2.45, 2.75) is 20.4 Å². The molecule has 0 atom stereocenters. The molecular weight excluding hydrogens is 368 g/mol. The Morgan fingerprint density at radius 3 is 2.66 bits per heavy atom. The van der Waals surface area contributed by atoms with Gasteiger partial charge < -0.3 is 9.26 Å². The minimum Gasteiger partial charge on any atom is -0.496 e. The summed E-state index contributed by atoms with van der Waals surface area (Å²) >= 11 is 0. The summed E-state index contributed by atoms with van der Waals surface area (Å²) in [4.78, 5) is 16.7. The normalized spacial score (nSPS) is 10.9. The molecule has 0 unspecified atom stereocenters. The molecule has 0 saturated heterocycles. The van der Waals surface area contributed by atoms with Crippen LogP contribution in [0.1, 0.15) is 17.0 Å². The summed E-state index contributed by atoms with van der Waals surface area (Å²) in [6.45, 7) is 4.19. The Labute approximate surface area is 167 Å². The van der Waals surface area contributed by atoms with Gasteiger partial charge in [-0.1, -0.05) is 29.4 Å². The number of aromatic nitrogens is 4. The van der Waals surface area contributed by atoms with Gasteiger partial charge in [0.05, 0.1) is 18.4 Å². The van der Waals surface area contributed by atoms with Crippen LogP contribution in [0.25, 0.3) is 22.6 Å². The summed E-state index contributed by atoms with van der Waals surface area (Å²) in [7, 11) is 1.58. The Kier molecular flexibility index (Phi) is 4.95. The first-order valence-corrected chi connectivity index (χ1v) is 9.17. The maximum atomic E-state index is 12.3. The minimum atomic E-state index is -0.241. The van der Waals surface area contributed by atoms with E-state index >= 15 is 0 Å². The average molecular weight is 388 g/mol. The van der Waals surface area contributed by atoms with E-state index in [4.69, 9.17) is 9.26 Å². The number of para-hydroxylation sites is 1. The molecule has 146 valence electrons. The number of hydrogen-bond donors (Lipinski definition) is 0. The second-order valence-corrected chi connectivity index (χ2v) is 6.73. The Balaban J connectivity index is 1.64. The van der Waals surface area contributed by atoms with Crippen molar-refractivity contribution in [3.8, 4) is 28.4 Å². The molecule has 0 radical (unpaired) electrons. The molecule has 4 aromatic rings. The number of ether oxygens (including phenoxy) is 1. The smallest absolute Gasteiger partial charge is 0.267 e. The van der Waals surface area contributed by atoms with E-state index in [1.54, 1.807) is 13.2 Å². The quantitative estimate of drug-likeness (QED) is 0.519. The third kappa shape index (κ3) is 3.80. The van der Waals surface area contributed by atoms with E-state index in [2.05, 4.69) is 28.2 Å². The number of rotatable bonds is 5. The lowest BCUT2D eigenvalue weighted by atomic mass is 10.0. The van der Waals surface area contributed by atoms with Gasteiger partial charge in [-0.15, -0.1) is 0 Å². The SMILES string of the molecule is COc1ccccc1-c1noc(Cn2nc(-c3ccc(C)c(C)c3)ccc2=O)n1. The zero-order valence-electron chi connectivity index (χ0n) is 16.4. The number of hydrogen-bond acceptors (Lipinski definition) is 6. The molecule has 0 aliphatic rings. The predicted molar refractivity (Wildman–Crippen MR) is 109 cm³/mol. The van der Waals surface area contributed by atoms with Crippen molar-refractivity contribution in [2.75, 3.05) is 7.11 Å². The van der Waals surface area contributed by atoms with E-state index in [1.807, 2.05) is 43.3 Å². The summed E-state index contributed by atoms with van der Waals surface area (Å²) in [5, 5.41) is 8.49. The van der Waals surface area contributed by atoms with E-state index < -0.39 is 0 Å². The molecule has 2 aromatic carbocycles. The monoisotopic (exact) mass is 388 g/mol. The van der Waals surface area contributed by atoms with E-state index in [0.717, 1.165) is 5.56 Å². The zero-order valence-corrected chi connectivity index (χ0v) is 16.4. The van der Waals surface area contributed by atoms with Crippen LogP contribution in [0.3, 0.4) is 0 Å². The van der Waals surface area contributed by atoms with Crippen molar-refractivity contribution >= 4 is 0 Å². The number of methoxy groups -OCH3 is 1. The van der Waals surface area contributed by atoms with Crippen LogP contribution in [0.4, 0.5) is 0 Å². The highest BCUT2D eigenvalue weighted by Gasteiger charge is 2.14. The fourth-order valence-electron chi connectivity index (χ4n) is 3.00. The van der Waals surface area contributed by atoms with Gasteiger partial charge in [0, 0.05) is 11.6 Å². The lowest BCUT2D eigenvalue weighted by Gasteiger charge is -2.07. The maximum Gasteiger partial charge on any atom is 0.267 e. The Morgan fingerprint density at radius 2 is 1.86 bits per heavy atom. The van der Waals surface area contributed by atoms with Crippen LogP contribution in [0.15, 0.2) is 63.9 Å². The summed E-state index contributed by atoms with van der Waals surface area (Å²) in [5.41, 5.74) is 4.50. The largest absolute Gasteiger partial charge is 0.496 e. The first kappa shape index (κ1) is 18.6. The molecule has 0 spiro atoms. The van der Waals surface area contributed by atoms with Gasteiger partial charge >= 0.3 is 0 Å². The van der Waals surface area contributed by atoms with E-state index in [-0.39, 0.29) is 18.0 Å². The lowest BCUT2D eigenvalue weighted by Crippen LogP contribution is -2.23. The Morgan fingerprint density at radius 1 is 1.03 bits per heavy atom. The topological polar surface area (TPSA) is 83.0 Å². The van der Waals surface area contributed by atoms with Gasteiger partial charge in [0.1, 0.15) is 12.3 Å².